The van der Waals surface area contributed by atoms with Crippen LogP contribution in [0.4, 0.5) is 5.82 Å². The number of nitrogens with one attached hydrogen (secondary N) is 2. The number of nitriles is 2. The van der Waals surface area contributed by atoms with E-state index in [1.807, 2.05) is 12.1 Å². The molecule has 1 saturated carbocycles. The summed E-state index contributed by atoms with van der Waals surface area (Å²) in [6.45, 7) is 1.95. The Labute approximate surface area is 185 Å². The summed E-state index contributed by atoms with van der Waals surface area (Å²) in [5.74, 6) is 0.333. The summed E-state index contributed by atoms with van der Waals surface area (Å²) in [5.41, 5.74) is 5.40. The van der Waals surface area contributed by atoms with Crippen LogP contribution in [-0.2, 0) is 4.79 Å². The first-order chi connectivity index (χ1) is 15.5. The molecule has 1 aliphatic carbocycles. The zero-order valence-electron chi connectivity index (χ0n) is 17.9. The number of hydrogen-bond donors (Lipinski definition) is 3. The molecule has 9 nitrogen and oxygen atoms in total. The standard InChI is InChI=1S/C23H25N5O4/c1-2-31-19-10-14(21-16(11-24)22(26)28-23(30)17(21)12-25)8-9-18(19)32-13-20(29)27-15-6-4-3-5-7-15/h8-10,15H,2-7,13H2,1H3,(H,27,29)(H3,26,28,30). The molecule has 1 fully saturated rings. The predicted molar refractivity (Wildman–Crippen MR) is 118 cm³/mol. The minimum atomic E-state index is -0.684. The highest BCUT2D eigenvalue weighted by atomic mass is 16.5. The van der Waals surface area contributed by atoms with E-state index in [1.165, 1.54) is 6.42 Å². The summed E-state index contributed by atoms with van der Waals surface area (Å²) in [7, 11) is 0. The van der Waals surface area contributed by atoms with Gasteiger partial charge in [-0.25, -0.2) is 0 Å². The molecule has 0 saturated heterocycles. The molecule has 0 aliphatic heterocycles. The van der Waals surface area contributed by atoms with Crippen molar-refractivity contribution in [2.75, 3.05) is 18.9 Å². The SMILES string of the molecule is CCOc1cc(-c2c(C#N)c(N)[nH]c(=O)c2C#N)ccc1OCC(=O)NC1CCCCC1. The summed E-state index contributed by atoms with van der Waals surface area (Å²) >= 11 is 0. The second-order valence-corrected chi connectivity index (χ2v) is 7.50. The number of carbonyl (C=O) groups is 1. The van der Waals surface area contributed by atoms with Gasteiger partial charge in [-0.3, -0.25) is 9.59 Å². The monoisotopic (exact) mass is 435 g/mol. The molecular weight excluding hydrogens is 410 g/mol. The lowest BCUT2D eigenvalue weighted by Gasteiger charge is -2.23. The van der Waals surface area contributed by atoms with E-state index in [0.717, 1.165) is 25.7 Å². The molecule has 2 aromatic rings. The van der Waals surface area contributed by atoms with Gasteiger partial charge in [-0.2, -0.15) is 10.5 Å². The molecule has 1 aromatic carbocycles. The molecule has 0 bridgehead atoms. The number of amides is 1. The predicted octanol–water partition coefficient (Wildman–Crippen LogP) is 2.59. The first kappa shape index (κ1) is 22.7. The maximum absolute atomic E-state index is 12.3. The van der Waals surface area contributed by atoms with E-state index in [4.69, 9.17) is 15.2 Å². The molecule has 0 unspecified atom stereocenters. The lowest BCUT2D eigenvalue weighted by atomic mass is 9.95. The first-order valence-corrected chi connectivity index (χ1v) is 10.5. The molecule has 1 heterocycles. The average Bonchev–Trinajstić information content (AvgIpc) is 2.78. The quantitative estimate of drug-likeness (QED) is 0.604. The van der Waals surface area contributed by atoms with Crippen molar-refractivity contribution in [3.8, 4) is 34.8 Å². The number of pyridine rings is 1. The van der Waals surface area contributed by atoms with Crippen LogP contribution in [0.25, 0.3) is 11.1 Å². The number of nitrogens with two attached hydrogens (primary N) is 1. The van der Waals surface area contributed by atoms with Gasteiger partial charge in [-0.05, 0) is 37.5 Å². The second-order valence-electron chi connectivity index (χ2n) is 7.50. The smallest absolute Gasteiger partial charge is 0.268 e. The van der Waals surface area contributed by atoms with Gasteiger partial charge in [0.05, 0.1) is 6.61 Å². The van der Waals surface area contributed by atoms with Crippen molar-refractivity contribution in [1.82, 2.24) is 10.3 Å². The molecule has 32 heavy (non-hydrogen) atoms. The Balaban J connectivity index is 1.87. The summed E-state index contributed by atoms with van der Waals surface area (Å²) < 4.78 is 11.3. The Bertz CT molecular complexity index is 1140. The number of H-pyrrole nitrogens is 1. The highest BCUT2D eigenvalue weighted by molar-refractivity contribution is 5.81. The van der Waals surface area contributed by atoms with E-state index in [9.17, 15) is 20.1 Å². The van der Waals surface area contributed by atoms with Gasteiger partial charge in [0.2, 0.25) is 0 Å². The third kappa shape index (κ3) is 5.01. The lowest BCUT2D eigenvalue weighted by Crippen LogP contribution is -2.39. The molecule has 1 amide bonds. The van der Waals surface area contributed by atoms with Crippen molar-refractivity contribution in [3.63, 3.8) is 0 Å². The van der Waals surface area contributed by atoms with E-state index < -0.39 is 5.56 Å². The number of nitrogens with zero attached hydrogens (tertiary/aromatic N) is 2. The summed E-state index contributed by atoms with van der Waals surface area (Å²) in [6.07, 6.45) is 5.39. The van der Waals surface area contributed by atoms with Crippen molar-refractivity contribution in [1.29, 1.82) is 10.5 Å². The van der Waals surface area contributed by atoms with Crippen LogP contribution in [0.1, 0.15) is 50.2 Å². The number of carbonyl (C=O) groups excluding carboxylic acids is 1. The minimum absolute atomic E-state index is 0.0101. The van der Waals surface area contributed by atoms with Crippen LogP contribution in [-0.4, -0.2) is 30.1 Å². The Morgan fingerprint density at radius 2 is 1.88 bits per heavy atom. The average molecular weight is 435 g/mol. The molecule has 1 aliphatic rings. The molecule has 0 spiro atoms. The van der Waals surface area contributed by atoms with Crippen LogP contribution in [0.3, 0.4) is 0 Å². The van der Waals surface area contributed by atoms with Gasteiger partial charge >= 0.3 is 0 Å². The van der Waals surface area contributed by atoms with Gasteiger partial charge in [0.1, 0.15) is 29.1 Å². The first-order valence-electron chi connectivity index (χ1n) is 10.5. The normalized spacial score (nSPS) is 13.6. The molecule has 3 rings (SSSR count). The lowest BCUT2D eigenvalue weighted by molar-refractivity contribution is -0.124. The van der Waals surface area contributed by atoms with Crippen LogP contribution in [0, 0.1) is 22.7 Å². The number of benzene rings is 1. The van der Waals surface area contributed by atoms with Crippen LogP contribution >= 0.6 is 0 Å². The Kier molecular flexibility index (Phi) is 7.35. The third-order valence-electron chi connectivity index (χ3n) is 5.33. The maximum Gasteiger partial charge on any atom is 0.268 e. The van der Waals surface area contributed by atoms with Crippen molar-refractivity contribution in [2.45, 2.75) is 45.1 Å². The fourth-order valence-corrected chi connectivity index (χ4v) is 3.84. The van der Waals surface area contributed by atoms with E-state index in [0.29, 0.717) is 23.7 Å². The van der Waals surface area contributed by atoms with Crippen molar-refractivity contribution in [3.05, 3.63) is 39.7 Å². The molecule has 9 heteroatoms. The number of rotatable bonds is 7. The third-order valence-corrected chi connectivity index (χ3v) is 5.33. The molecule has 0 atom stereocenters. The molecule has 1 aromatic heterocycles. The number of aromatic amines is 1. The topological polar surface area (TPSA) is 154 Å². The number of anilines is 1. The zero-order valence-corrected chi connectivity index (χ0v) is 17.9. The maximum atomic E-state index is 12.3. The molecule has 4 N–H and O–H groups in total. The van der Waals surface area contributed by atoms with Crippen LogP contribution < -0.4 is 26.1 Å². The van der Waals surface area contributed by atoms with Crippen molar-refractivity contribution in [2.24, 2.45) is 0 Å². The second kappa shape index (κ2) is 10.4. The Morgan fingerprint density at radius 1 is 1.16 bits per heavy atom. The fraction of sp³-hybridized carbons (Fsp3) is 0.391. The van der Waals surface area contributed by atoms with Crippen LogP contribution in [0.15, 0.2) is 23.0 Å². The number of hydrogen-bond acceptors (Lipinski definition) is 7. The van der Waals surface area contributed by atoms with E-state index in [2.05, 4.69) is 10.3 Å². The zero-order chi connectivity index (χ0) is 23.1. The number of ether oxygens (including phenoxy) is 2. The van der Waals surface area contributed by atoms with Gasteiger partial charge < -0.3 is 25.5 Å². The summed E-state index contributed by atoms with van der Waals surface area (Å²) in [5, 5.41) is 22.0. The van der Waals surface area contributed by atoms with Gasteiger partial charge in [0.25, 0.3) is 11.5 Å². The number of nitrogen functional groups attached to an aromatic ring is 1. The van der Waals surface area contributed by atoms with E-state index >= 15 is 0 Å². The fourth-order valence-electron chi connectivity index (χ4n) is 3.84. The van der Waals surface area contributed by atoms with Crippen LogP contribution in [0.5, 0.6) is 11.5 Å². The van der Waals surface area contributed by atoms with Gasteiger partial charge in [0.15, 0.2) is 18.1 Å². The summed E-state index contributed by atoms with van der Waals surface area (Å²) in [4.78, 5) is 26.8. The van der Waals surface area contributed by atoms with Crippen LogP contribution in [0.2, 0.25) is 0 Å². The highest BCUT2D eigenvalue weighted by Gasteiger charge is 2.20. The number of aromatic nitrogens is 1. The molecule has 166 valence electrons. The van der Waals surface area contributed by atoms with Gasteiger partial charge in [-0.15, -0.1) is 0 Å². The van der Waals surface area contributed by atoms with Gasteiger partial charge in [-0.1, -0.05) is 25.3 Å². The Hall–Kier alpha value is -3.98. The minimum Gasteiger partial charge on any atom is -0.490 e. The Morgan fingerprint density at radius 3 is 2.53 bits per heavy atom. The molecular formula is C23H25N5O4. The van der Waals surface area contributed by atoms with E-state index in [-0.39, 0.29) is 41.1 Å². The van der Waals surface area contributed by atoms with E-state index in [1.54, 1.807) is 25.1 Å². The summed E-state index contributed by atoms with van der Waals surface area (Å²) in [6, 6.07) is 8.69. The van der Waals surface area contributed by atoms with Crippen molar-refractivity contribution < 1.29 is 14.3 Å². The van der Waals surface area contributed by atoms with Gasteiger partial charge in [0, 0.05) is 11.6 Å². The largest absolute Gasteiger partial charge is 0.490 e. The molecule has 0 radical (unpaired) electrons. The highest BCUT2D eigenvalue weighted by Crippen LogP contribution is 2.35. The van der Waals surface area contributed by atoms with Crippen molar-refractivity contribution >= 4 is 11.7 Å².